The molecule has 4 heterocycles. The molecule has 10 heteroatoms. The number of ether oxygens (including phenoxy) is 2. The molecule has 0 radical (unpaired) electrons. The van der Waals surface area contributed by atoms with Crippen LogP contribution < -0.4 is 4.74 Å². The van der Waals surface area contributed by atoms with Crippen molar-refractivity contribution in [2.75, 3.05) is 33.3 Å². The third-order valence-electron chi connectivity index (χ3n) is 6.35. The van der Waals surface area contributed by atoms with E-state index in [9.17, 15) is 9.90 Å². The number of rotatable bonds is 4. The zero-order valence-corrected chi connectivity index (χ0v) is 21.7. The lowest BCUT2D eigenvalue weighted by atomic mass is 10.1. The van der Waals surface area contributed by atoms with E-state index >= 15 is 0 Å². The molecule has 3 aromatic rings. The second-order valence-electron chi connectivity index (χ2n) is 10.2. The Hall–Kier alpha value is -3.92. The van der Waals surface area contributed by atoms with Crippen LogP contribution in [0.1, 0.15) is 43.4 Å². The van der Waals surface area contributed by atoms with E-state index in [2.05, 4.69) is 20.1 Å². The van der Waals surface area contributed by atoms with Crippen molar-refractivity contribution in [1.29, 1.82) is 0 Å². The topological polar surface area (TPSA) is 113 Å². The van der Waals surface area contributed by atoms with Crippen molar-refractivity contribution in [3.8, 4) is 11.5 Å². The summed E-state index contributed by atoms with van der Waals surface area (Å²) in [6.45, 7) is 10.5. The van der Waals surface area contributed by atoms with E-state index in [0.29, 0.717) is 66.7 Å². The molecule has 0 aliphatic carbocycles. The van der Waals surface area contributed by atoms with Gasteiger partial charge in [0.05, 0.1) is 18.1 Å². The Balaban J connectivity index is 1.39. The maximum Gasteiger partial charge on any atom is 0.410 e. The molecule has 2 aliphatic heterocycles. The average molecular weight is 506 g/mol. The van der Waals surface area contributed by atoms with Crippen LogP contribution in [0.5, 0.6) is 11.5 Å². The first kappa shape index (κ1) is 24.8. The Morgan fingerprint density at radius 3 is 2.59 bits per heavy atom. The van der Waals surface area contributed by atoms with Gasteiger partial charge >= 0.3 is 6.09 Å². The highest BCUT2D eigenvalue weighted by Gasteiger charge is 2.28. The number of aromatic nitrogens is 1. The van der Waals surface area contributed by atoms with E-state index in [1.54, 1.807) is 24.2 Å². The summed E-state index contributed by atoms with van der Waals surface area (Å²) in [6.07, 6.45) is 1.38. The first-order valence-electron chi connectivity index (χ1n) is 12.3. The number of methoxy groups -OCH3 is 1. The van der Waals surface area contributed by atoms with Gasteiger partial charge in [-0.1, -0.05) is 0 Å². The number of azo groups is 1. The molecule has 1 fully saturated rings. The first-order valence-corrected chi connectivity index (χ1v) is 12.3. The van der Waals surface area contributed by atoms with Gasteiger partial charge in [0.25, 0.3) is 0 Å². The predicted octanol–water partition coefficient (Wildman–Crippen LogP) is 5.50. The molecule has 0 unspecified atom stereocenters. The fourth-order valence-electron chi connectivity index (χ4n) is 4.49. The fourth-order valence-corrected chi connectivity index (χ4v) is 4.49. The minimum Gasteiger partial charge on any atom is -0.504 e. The highest BCUT2D eigenvalue weighted by molar-refractivity contribution is 5.95. The lowest BCUT2D eigenvalue weighted by Gasteiger charge is -2.35. The van der Waals surface area contributed by atoms with Crippen LogP contribution in [0.3, 0.4) is 0 Å². The monoisotopic (exact) mass is 505 g/mol. The zero-order chi connectivity index (χ0) is 26.3. The predicted molar refractivity (Wildman–Crippen MR) is 139 cm³/mol. The molecule has 2 aromatic heterocycles. The minimum absolute atomic E-state index is 0.0323. The summed E-state index contributed by atoms with van der Waals surface area (Å²) < 4.78 is 17.3. The number of hydrogen-bond donors (Lipinski definition) is 1. The Morgan fingerprint density at radius 2 is 1.89 bits per heavy atom. The quantitative estimate of drug-likeness (QED) is 0.498. The van der Waals surface area contributed by atoms with Crippen LogP contribution in [0, 0.1) is 6.92 Å². The van der Waals surface area contributed by atoms with Crippen molar-refractivity contribution in [3.63, 3.8) is 0 Å². The normalized spacial score (nSPS) is 17.0. The number of carbonyl (C=O) groups is 1. The van der Waals surface area contributed by atoms with Crippen molar-refractivity contribution in [2.24, 2.45) is 10.2 Å². The molecule has 1 aromatic carbocycles. The molecule has 0 spiro atoms. The third-order valence-corrected chi connectivity index (χ3v) is 6.35. The second-order valence-corrected chi connectivity index (χ2v) is 10.2. The van der Waals surface area contributed by atoms with Crippen LogP contribution in [0.15, 0.2) is 38.9 Å². The summed E-state index contributed by atoms with van der Waals surface area (Å²) in [5.41, 5.74) is 3.07. The van der Waals surface area contributed by atoms with Gasteiger partial charge in [-0.05, 0) is 52.0 Å². The Morgan fingerprint density at radius 1 is 1.14 bits per heavy atom. The molecule has 10 nitrogen and oxygen atoms in total. The lowest BCUT2D eigenvalue weighted by Crippen LogP contribution is -2.49. The van der Waals surface area contributed by atoms with Crippen LogP contribution in [0.4, 0.5) is 10.6 Å². The average Bonchev–Trinajstić information content (AvgIpc) is 3.39. The molecule has 37 heavy (non-hydrogen) atoms. The molecule has 5 rings (SSSR count). The van der Waals surface area contributed by atoms with E-state index in [-0.39, 0.29) is 11.8 Å². The maximum atomic E-state index is 12.4. The molecule has 1 amide bonds. The highest BCUT2D eigenvalue weighted by atomic mass is 16.6. The number of amides is 1. The summed E-state index contributed by atoms with van der Waals surface area (Å²) in [6, 6.07) is 7.42. The Bertz CT molecular complexity index is 1410. The highest BCUT2D eigenvalue weighted by Crippen LogP contribution is 2.42. The number of carbonyl (C=O) groups excluding carboxylic acids is 1. The van der Waals surface area contributed by atoms with Crippen molar-refractivity contribution >= 4 is 34.7 Å². The summed E-state index contributed by atoms with van der Waals surface area (Å²) in [5, 5.41) is 19.9. The van der Waals surface area contributed by atoms with Crippen LogP contribution in [0.2, 0.25) is 0 Å². The molecule has 0 saturated carbocycles. The molecule has 0 bridgehead atoms. The van der Waals surface area contributed by atoms with Crippen LogP contribution in [-0.2, 0) is 11.3 Å². The summed E-state index contributed by atoms with van der Waals surface area (Å²) in [5.74, 6) is 1.54. The van der Waals surface area contributed by atoms with Gasteiger partial charge in [0.1, 0.15) is 22.6 Å². The summed E-state index contributed by atoms with van der Waals surface area (Å²) in [4.78, 5) is 20.8. The van der Waals surface area contributed by atoms with E-state index in [1.165, 1.54) is 0 Å². The number of aryl methyl sites for hydroxylation is 1. The number of aromatic hydroxyl groups is 1. The molecule has 2 aliphatic rings. The van der Waals surface area contributed by atoms with Crippen molar-refractivity contribution in [2.45, 2.75) is 39.8 Å². The third kappa shape index (κ3) is 5.01. The minimum atomic E-state index is -0.525. The van der Waals surface area contributed by atoms with Crippen molar-refractivity contribution < 1.29 is 23.8 Å². The molecule has 194 valence electrons. The van der Waals surface area contributed by atoms with Gasteiger partial charge in [0.2, 0.25) is 0 Å². The van der Waals surface area contributed by atoms with Crippen LogP contribution >= 0.6 is 0 Å². The van der Waals surface area contributed by atoms with Gasteiger partial charge in [-0.15, -0.1) is 10.2 Å². The molecular weight excluding hydrogens is 474 g/mol. The van der Waals surface area contributed by atoms with Gasteiger partial charge in [-0.25, -0.2) is 9.78 Å². The van der Waals surface area contributed by atoms with E-state index in [4.69, 9.17) is 13.9 Å². The van der Waals surface area contributed by atoms with E-state index < -0.39 is 5.60 Å². The van der Waals surface area contributed by atoms with E-state index in [0.717, 1.165) is 16.8 Å². The SMILES string of the molecule is COc1ccc2c(O)c(C=C3N=Nc4nc(C)ccc43)oc2c1CN1CCN(C(=O)OC(C)(C)C)CC1. The van der Waals surface area contributed by atoms with Crippen molar-refractivity contribution in [3.05, 3.63) is 46.8 Å². The van der Waals surface area contributed by atoms with Crippen LogP contribution in [0.25, 0.3) is 22.7 Å². The summed E-state index contributed by atoms with van der Waals surface area (Å²) >= 11 is 0. The Labute approximate surface area is 215 Å². The number of pyridine rings is 1. The van der Waals surface area contributed by atoms with Gasteiger partial charge in [0, 0.05) is 50.1 Å². The van der Waals surface area contributed by atoms with Gasteiger partial charge in [-0.3, -0.25) is 4.90 Å². The molecule has 0 atom stereocenters. The molecule has 1 N–H and O–H groups in total. The largest absolute Gasteiger partial charge is 0.504 e. The van der Waals surface area contributed by atoms with Gasteiger partial charge in [-0.2, -0.15) is 0 Å². The maximum absolute atomic E-state index is 12.4. The summed E-state index contributed by atoms with van der Waals surface area (Å²) in [7, 11) is 1.61. The molecular formula is C27H31N5O5. The van der Waals surface area contributed by atoms with Gasteiger partial charge < -0.3 is 23.9 Å². The van der Waals surface area contributed by atoms with E-state index in [1.807, 2.05) is 45.9 Å². The van der Waals surface area contributed by atoms with Crippen LogP contribution in [-0.4, -0.2) is 64.9 Å². The number of benzene rings is 1. The zero-order valence-electron chi connectivity index (χ0n) is 21.7. The standard InChI is InChI=1S/C27H31N5O5/c1-16-6-7-17-20(29-30-25(17)28-16)14-22-23(33)18-8-9-21(35-5)19(24(18)36-22)15-31-10-12-32(13-11-31)26(34)37-27(2,3)4/h6-9,14,33H,10-13,15H2,1-5H3. The number of piperazine rings is 1. The number of furan rings is 1. The van der Waals surface area contributed by atoms with Crippen molar-refractivity contribution in [1.82, 2.24) is 14.8 Å². The lowest BCUT2D eigenvalue weighted by molar-refractivity contribution is 0.0138. The molecule has 1 saturated heterocycles. The fraction of sp³-hybridized carbons (Fsp3) is 0.407. The number of nitrogens with zero attached hydrogens (tertiary/aromatic N) is 5. The number of fused-ring (bicyclic) bond motifs is 2. The smallest absolute Gasteiger partial charge is 0.410 e. The Kier molecular flexibility index (Phi) is 6.36. The van der Waals surface area contributed by atoms with Gasteiger partial charge in [0.15, 0.2) is 17.3 Å². The second kappa shape index (κ2) is 9.51. The number of hydrogen-bond acceptors (Lipinski definition) is 9. The first-order chi connectivity index (χ1) is 17.6.